The predicted octanol–water partition coefficient (Wildman–Crippen LogP) is 3.02. The van der Waals surface area contributed by atoms with E-state index in [2.05, 4.69) is 16.8 Å². The van der Waals surface area contributed by atoms with Gasteiger partial charge in [-0.15, -0.1) is 0 Å². The third-order valence-electron chi connectivity index (χ3n) is 6.48. The highest BCUT2D eigenvalue weighted by Crippen LogP contribution is 2.34. The summed E-state index contributed by atoms with van der Waals surface area (Å²) in [5, 5.41) is 9.83. The molecule has 0 unspecified atom stereocenters. The Kier molecular flexibility index (Phi) is 8.47. The number of aliphatic hydroxyl groups is 1. The molecule has 0 spiro atoms. The molecule has 1 aromatic heterocycles. The molecule has 3 aromatic rings. The minimum Gasteiger partial charge on any atom is -0.487 e. The molecule has 3 atom stereocenters. The molecule has 1 amide bonds. The number of sulfonamides is 1. The molecule has 0 bridgehead atoms. The summed E-state index contributed by atoms with van der Waals surface area (Å²) in [6.07, 6.45) is 1.02. The average molecular weight is 534 g/mol. The number of pyridine rings is 1. The number of benzene rings is 2. The highest BCUT2D eigenvalue weighted by molar-refractivity contribution is 7.89. The molecular weight excluding hydrogens is 502 g/mol. The smallest absolute Gasteiger partial charge is 0.272 e. The van der Waals surface area contributed by atoms with Gasteiger partial charge >= 0.3 is 0 Å². The van der Waals surface area contributed by atoms with Gasteiger partial charge in [0.15, 0.2) is 0 Å². The van der Waals surface area contributed by atoms with Gasteiger partial charge in [-0.1, -0.05) is 43.0 Å². The first kappa shape index (κ1) is 27.3. The molecule has 2 aromatic carbocycles. The van der Waals surface area contributed by atoms with Crippen molar-refractivity contribution in [3.63, 3.8) is 0 Å². The van der Waals surface area contributed by atoms with Gasteiger partial charge in [-0.2, -0.15) is 4.31 Å². The number of aliphatic hydroxyl groups excluding tert-OH is 1. The second-order valence-electron chi connectivity index (χ2n) is 9.42. The quantitative estimate of drug-likeness (QED) is 0.506. The van der Waals surface area contributed by atoms with Gasteiger partial charge in [-0.25, -0.2) is 8.42 Å². The average Bonchev–Trinajstić information content (AvgIpc) is 2.93. The number of fused-ring (bicyclic) bond motifs is 1. The Morgan fingerprint density at radius 3 is 2.53 bits per heavy atom. The fraction of sp³-hybridized carbons (Fsp3) is 0.310. The lowest BCUT2D eigenvalue weighted by molar-refractivity contribution is 0.0559. The van der Waals surface area contributed by atoms with Gasteiger partial charge in [0.25, 0.3) is 5.91 Å². The van der Waals surface area contributed by atoms with Crippen LogP contribution in [-0.4, -0.2) is 72.5 Å². The Bertz CT molecular complexity index is 1440. The molecule has 1 aliphatic rings. The molecule has 2 heterocycles. The number of rotatable bonds is 5. The topological polar surface area (TPSA) is 100 Å². The van der Waals surface area contributed by atoms with E-state index >= 15 is 0 Å². The SMILES string of the molecule is C[C@@H]1CN([C@@H](C)CO)S(=O)(=O)c2ccc(C#Cc3ccccc3)cc2O[C@@H]1CN(C)C(=O)c1ccccn1. The molecular formula is C29H31N3O5S. The highest BCUT2D eigenvalue weighted by Gasteiger charge is 2.38. The molecule has 0 aliphatic carbocycles. The van der Waals surface area contributed by atoms with E-state index in [0.717, 1.165) is 5.56 Å². The first-order chi connectivity index (χ1) is 18.2. The van der Waals surface area contributed by atoms with Crippen molar-refractivity contribution >= 4 is 15.9 Å². The van der Waals surface area contributed by atoms with Gasteiger partial charge in [0.2, 0.25) is 10.0 Å². The van der Waals surface area contributed by atoms with Gasteiger partial charge in [0, 0.05) is 42.9 Å². The zero-order valence-electron chi connectivity index (χ0n) is 21.6. The minimum absolute atomic E-state index is 0.00123. The van der Waals surface area contributed by atoms with E-state index in [0.29, 0.717) is 11.3 Å². The van der Waals surface area contributed by atoms with Crippen LogP contribution in [0.5, 0.6) is 5.75 Å². The number of likely N-dealkylation sites (N-methyl/N-ethyl adjacent to an activating group) is 1. The summed E-state index contributed by atoms with van der Waals surface area (Å²) in [4.78, 5) is 18.6. The summed E-state index contributed by atoms with van der Waals surface area (Å²) >= 11 is 0. The Morgan fingerprint density at radius 2 is 1.84 bits per heavy atom. The first-order valence-corrected chi connectivity index (χ1v) is 13.8. The van der Waals surface area contributed by atoms with Gasteiger partial charge < -0.3 is 14.7 Å². The van der Waals surface area contributed by atoms with Crippen molar-refractivity contribution in [1.29, 1.82) is 0 Å². The van der Waals surface area contributed by atoms with Crippen molar-refractivity contribution in [1.82, 2.24) is 14.2 Å². The van der Waals surface area contributed by atoms with Crippen LogP contribution in [0.3, 0.4) is 0 Å². The second-order valence-corrected chi connectivity index (χ2v) is 11.3. The summed E-state index contributed by atoms with van der Waals surface area (Å²) in [5.74, 6) is 5.75. The summed E-state index contributed by atoms with van der Waals surface area (Å²) in [5.41, 5.74) is 1.73. The molecule has 38 heavy (non-hydrogen) atoms. The predicted molar refractivity (Wildman–Crippen MR) is 144 cm³/mol. The number of carbonyl (C=O) groups is 1. The first-order valence-electron chi connectivity index (χ1n) is 12.4. The number of ether oxygens (including phenoxy) is 1. The maximum atomic E-state index is 13.7. The number of amides is 1. The van der Waals surface area contributed by atoms with Crippen LogP contribution < -0.4 is 4.74 Å². The Morgan fingerprint density at radius 1 is 1.13 bits per heavy atom. The molecule has 1 N–H and O–H groups in total. The summed E-state index contributed by atoms with van der Waals surface area (Å²) in [6, 6.07) is 18.7. The Hall–Kier alpha value is -3.71. The van der Waals surface area contributed by atoms with Crippen molar-refractivity contribution in [2.45, 2.75) is 30.9 Å². The van der Waals surface area contributed by atoms with Crippen LogP contribution in [0.4, 0.5) is 0 Å². The van der Waals surface area contributed by atoms with Crippen LogP contribution in [0.1, 0.15) is 35.5 Å². The lowest BCUT2D eigenvalue weighted by Crippen LogP contribution is -2.50. The normalized spacial score (nSPS) is 19.5. The van der Waals surface area contributed by atoms with Crippen LogP contribution in [0, 0.1) is 17.8 Å². The standard InChI is InChI=1S/C29H31N3O5S/c1-21-18-32(22(2)20-33)38(35,36)28-15-14-24(13-12-23-9-5-4-6-10-23)17-26(28)37-27(21)19-31(3)29(34)25-11-7-8-16-30-25/h4-11,14-17,21-22,27,33H,18-20H2,1-3H3/t21-,22+,27-/m1/s1. The highest BCUT2D eigenvalue weighted by atomic mass is 32.2. The maximum absolute atomic E-state index is 13.7. The van der Waals surface area contributed by atoms with Crippen molar-refractivity contribution in [2.75, 3.05) is 26.7 Å². The Labute approximate surface area is 223 Å². The van der Waals surface area contributed by atoms with E-state index in [-0.39, 0.29) is 42.2 Å². The zero-order chi connectivity index (χ0) is 27.3. The van der Waals surface area contributed by atoms with E-state index < -0.39 is 22.2 Å². The van der Waals surface area contributed by atoms with Crippen LogP contribution in [0.2, 0.25) is 0 Å². The Balaban J connectivity index is 1.72. The number of hydrogen-bond acceptors (Lipinski definition) is 6. The number of hydrogen-bond donors (Lipinski definition) is 1. The van der Waals surface area contributed by atoms with Crippen molar-refractivity contribution in [3.05, 3.63) is 89.7 Å². The molecule has 0 radical (unpaired) electrons. The van der Waals surface area contributed by atoms with E-state index in [1.165, 1.54) is 15.3 Å². The van der Waals surface area contributed by atoms with Crippen molar-refractivity contribution in [3.8, 4) is 17.6 Å². The van der Waals surface area contributed by atoms with Gasteiger partial charge in [-0.3, -0.25) is 9.78 Å². The number of aromatic nitrogens is 1. The molecule has 4 rings (SSSR count). The number of nitrogens with zero attached hydrogens (tertiary/aromatic N) is 3. The lowest BCUT2D eigenvalue weighted by atomic mass is 10.0. The third kappa shape index (κ3) is 6.05. The van der Waals surface area contributed by atoms with Gasteiger partial charge in [0.05, 0.1) is 13.2 Å². The van der Waals surface area contributed by atoms with Crippen LogP contribution in [0.15, 0.2) is 77.8 Å². The van der Waals surface area contributed by atoms with Crippen molar-refractivity contribution < 1.29 is 23.1 Å². The third-order valence-corrected chi connectivity index (χ3v) is 8.50. The van der Waals surface area contributed by atoms with E-state index in [1.54, 1.807) is 50.5 Å². The minimum atomic E-state index is -3.97. The van der Waals surface area contributed by atoms with E-state index in [9.17, 15) is 18.3 Å². The van der Waals surface area contributed by atoms with Crippen LogP contribution in [0.25, 0.3) is 0 Å². The second kappa shape index (κ2) is 11.8. The maximum Gasteiger partial charge on any atom is 0.272 e. The van der Waals surface area contributed by atoms with E-state index in [4.69, 9.17) is 4.74 Å². The number of carbonyl (C=O) groups excluding carboxylic acids is 1. The summed E-state index contributed by atoms with van der Waals surface area (Å²) < 4.78 is 35.0. The molecule has 1 aliphatic heterocycles. The molecule has 0 fully saturated rings. The molecule has 8 nitrogen and oxygen atoms in total. The van der Waals surface area contributed by atoms with Crippen LogP contribution in [-0.2, 0) is 10.0 Å². The molecule has 0 saturated carbocycles. The molecule has 0 saturated heterocycles. The lowest BCUT2D eigenvalue weighted by Gasteiger charge is -2.37. The van der Waals surface area contributed by atoms with Gasteiger partial charge in [-0.05, 0) is 49.4 Å². The summed E-state index contributed by atoms with van der Waals surface area (Å²) in [6.45, 7) is 3.54. The fourth-order valence-corrected chi connectivity index (χ4v) is 6.05. The molecule has 198 valence electrons. The van der Waals surface area contributed by atoms with E-state index in [1.807, 2.05) is 37.3 Å². The molecule has 9 heteroatoms. The zero-order valence-corrected chi connectivity index (χ0v) is 22.4. The van der Waals surface area contributed by atoms with Crippen molar-refractivity contribution in [2.24, 2.45) is 5.92 Å². The van der Waals surface area contributed by atoms with Crippen LogP contribution >= 0.6 is 0 Å². The largest absolute Gasteiger partial charge is 0.487 e. The van der Waals surface area contributed by atoms with Gasteiger partial charge in [0.1, 0.15) is 22.4 Å². The summed E-state index contributed by atoms with van der Waals surface area (Å²) in [7, 11) is -2.31. The fourth-order valence-electron chi connectivity index (χ4n) is 4.22. The monoisotopic (exact) mass is 533 g/mol.